The molecule has 0 atom stereocenters. The maximum Gasteiger partial charge on any atom is 0.405 e. The van der Waals surface area contributed by atoms with Gasteiger partial charge in [0.25, 0.3) is 6.43 Å². The van der Waals surface area contributed by atoms with Crippen LogP contribution in [0.5, 0.6) is 0 Å². The van der Waals surface area contributed by atoms with Crippen molar-refractivity contribution in [3.8, 4) is 0 Å². The van der Waals surface area contributed by atoms with Crippen LogP contribution in [0.3, 0.4) is 0 Å². The summed E-state index contributed by atoms with van der Waals surface area (Å²) in [5.41, 5.74) is -1.66. The molecule has 10 heavy (non-hydrogen) atoms. The summed E-state index contributed by atoms with van der Waals surface area (Å²) in [5.74, 6) is 0. The average molecular weight is 153 g/mol. The predicted octanol–water partition coefficient (Wildman–Crippen LogP) is 1.30. The molecule has 0 aliphatic heterocycles. The Morgan fingerprint density at radius 2 is 2.00 bits per heavy atom. The lowest BCUT2D eigenvalue weighted by Crippen LogP contribution is -2.48. The van der Waals surface area contributed by atoms with E-state index in [-0.39, 0.29) is 0 Å². The van der Waals surface area contributed by atoms with Crippen molar-refractivity contribution < 1.29 is 18.7 Å². The lowest BCUT2D eigenvalue weighted by molar-refractivity contribution is 0.0509. The van der Waals surface area contributed by atoms with Crippen LogP contribution in [-0.2, 0) is 0 Å². The van der Waals surface area contributed by atoms with Crippen molar-refractivity contribution in [1.29, 1.82) is 0 Å². The molecular formula is C5H9F2NO2. The van der Waals surface area contributed by atoms with Crippen molar-refractivity contribution in [1.82, 2.24) is 5.32 Å². The number of rotatable bonds is 2. The minimum Gasteiger partial charge on any atom is -0.465 e. The summed E-state index contributed by atoms with van der Waals surface area (Å²) in [6.45, 7) is 2.23. The summed E-state index contributed by atoms with van der Waals surface area (Å²) < 4.78 is 23.7. The Hall–Kier alpha value is -0.870. The zero-order valence-corrected chi connectivity index (χ0v) is 5.69. The maximum absolute atomic E-state index is 11.8. The Balaban J connectivity index is 3.99. The summed E-state index contributed by atoms with van der Waals surface area (Å²) in [4.78, 5) is 9.87. The summed E-state index contributed by atoms with van der Waals surface area (Å²) in [6.07, 6.45) is -4.13. The number of hydrogen-bond acceptors (Lipinski definition) is 1. The number of nitrogens with one attached hydrogen (secondary N) is 1. The first kappa shape index (κ1) is 9.13. The molecular weight excluding hydrogens is 144 g/mol. The number of alkyl halides is 2. The predicted molar refractivity (Wildman–Crippen MR) is 31.2 cm³/mol. The smallest absolute Gasteiger partial charge is 0.405 e. The van der Waals surface area contributed by atoms with Crippen LogP contribution in [0.15, 0.2) is 0 Å². The van der Waals surface area contributed by atoms with Crippen molar-refractivity contribution >= 4 is 6.09 Å². The molecule has 0 unspecified atom stereocenters. The van der Waals surface area contributed by atoms with E-state index >= 15 is 0 Å². The van der Waals surface area contributed by atoms with Gasteiger partial charge in [-0.05, 0) is 13.8 Å². The van der Waals surface area contributed by atoms with Crippen LogP contribution in [-0.4, -0.2) is 23.2 Å². The highest BCUT2D eigenvalue weighted by atomic mass is 19.3. The van der Waals surface area contributed by atoms with Crippen LogP contribution in [0.25, 0.3) is 0 Å². The topological polar surface area (TPSA) is 49.3 Å². The summed E-state index contributed by atoms with van der Waals surface area (Å²) >= 11 is 0. The van der Waals surface area contributed by atoms with Gasteiger partial charge in [0, 0.05) is 0 Å². The number of hydrogen-bond donors (Lipinski definition) is 2. The molecule has 0 spiro atoms. The molecule has 3 nitrogen and oxygen atoms in total. The molecule has 0 rings (SSSR count). The van der Waals surface area contributed by atoms with Gasteiger partial charge in [-0.2, -0.15) is 0 Å². The van der Waals surface area contributed by atoms with Gasteiger partial charge >= 0.3 is 6.09 Å². The molecule has 0 aromatic carbocycles. The van der Waals surface area contributed by atoms with Crippen LogP contribution in [0.1, 0.15) is 13.8 Å². The van der Waals surface area contributed by atoms with Crippen LogP contribution in [0, 0.1) is 0 Å². The minimum absolute atomic E-state index is 1.12. The van der Waals surface area contributed by atoms with Crippen LogP contribution < -0.4 is 5.32 Å². The molecule has 0 saturated carbocycles. The zero-order chi connectivity index (χ0) is 8.36. The average Bonchev–Trinajstić information content (AvgIpc) is 1.60. The molecule has 0 bridgehead atoms. The van der Waals surface area contributed by atoms with E-state index in [1.807, 2.05) is 0 Å². The zero-order valence-electron chi connectivity index (χ0n) is 5.69. The van der Waals surface area contributed by atoms with Gasteiger partial charge in [0.15, 0.2) is 0 Å². The Kier molecular flexibility index (Phi) is 2.56. The van der Waals surface area contributed by atoms with E-state index in [1.165, 1.54) is 0 Å². The Bertz CT molecular complexity index is 136. The Morgan fingerprint density at radius 1 is 1.60 bits per heavy atom. The largest absolute Gasteiger partial charge is 0.465 e. The van der Waals surface area contributed by atoms with E-state index in [4.69, 9.17) is 5.11 Å². The second-order valence-electron chi connectivity index (χ2n) is 2.45. The van der Waals surface area contributed by atoms with Gasteiger partial charge < -0.3 is 10.4 Å². The fourth-order valence-corrected chi connectivity index (χ4v) is 0.330. The third kappa shape index (κ3) is 2.61. The lowest BCUT2D eigenvalue weighted by Gasteiger charge is -2.22. The van der Waals surface area contributed by atoms with Gasteiger partial charge in [-0.3, -0.25) is 0 Å². The Labute approximate surface area is 57.0 Å². The summed E-state index contributed by atoms with van der Waals surface area (Å²) in [6, 6.07) is 0. The minimum atomic E-state index is -2.69. The van der Waals surface area contributed by atoms with Gasteiger partial charge in [0.1, 0.15) is 0 Å². The number of halogens is 2. The van der Waals surface area contributed by atoms with Crippen LogP contribution in [0.2, 0.25) is 0 Å². The maximum atomic E-state index is 11.8. The standard InChI is InChI=1S/C5H9F2NO2/c1-5(2,3(6)7)8-4(9)10/h3,8H,1-2H3,(H,9,10). The highest BCUT2D eigenvalue weighted by Gasteiger charge is 2.30. The second-order valence-corrected chi connectivity index (χ2v) is 2.45. The Morgan fingerprint density at radius 3 is 2.10 bits per heavy atom. The molecule has 0 aromatic heterocycles. The molecule has 5 heteroatoms. The molecule has 1 amide bonds. The first-order chi connectivity index (χ1) is 4.36. The van der Waals surface area contributed by atoms with Gasteiger partial charge in [0.2, 0.25) is 0 Å². The van der Waals surface area contributed by atoms with Gasteiger partial charge in [0.05, 0.1) is 5.54 Å². The first-order valence-corrected chi connectivity index (χ1v) is 2.65. The van der Waals surface area contributed by atoms with E-state index in [0.29, 0.717) is 0 Å². The van der Waals surface area contributed by atoms with Crippen LogP contribution >= 0.6 is 0 Å². The van der Waals surface area contributed by atoms with Gasteiger partial charge in [-0.1, -0.05) is 0 Å². The number of carboxylic acid groups (broad SMARTS) is 1. The number of carbonyl (C=O) groups is 1. The van der Waals surface area contributed by atoms with E-state index in [2.05, 4.69) is 0 Å². The summed E-state index contributed by atoms with van der Waals surface area (Å²) in [5, 5.41) is 9.74. The van der Waals surface area contributed by atoms with Crippen molar-refractivity contribution in [2.75, 3.05) is 0 Å². The third-order valence-corrected chi connectivity index (χ3v) is 0.975. The normalized spacial score (nSPS) is 11.7. The highest BCUT2D eigenvalue weighted by Crippen LogP contribution is 2.13. The fraction of sp³-hybridized carbons (Fsp3) is 0.800. The van der Waals surface area contributed by atoms with E-state index in [1.54, 1.807) is 5.32 Å². The molecule has 0 aromatic rings. The SMILES string of the molecule is CC(C)(NC(=O)O)C(F)F. The quantitative estimate of drug-likeness (QED) is 0.628. The fourth-order valence-electron chi connectivity index (χ4n) is 0.330. The highest BCUT2D eigenvalue weighted by molar-refractivity contribution is 5.65. The van der Waals surface area contributed by atoms with Crippen molar-refractivity contribution in [2.45, 2.75) is 25.8 Å². The van der Waals surface area contributed by atoms with E-state index in [9.17, 15) is 13.6 Å². The van der Waals surface area contributed by atoms with E-state index in [0.717, 1.165) is 13.8 Å². The van der Waals surface area contributed by atoms with E-state index < -0.39 is 18.1 Å². The van der Waals surface area contributed by atoms with Gasteiger partial charge in [-0.15, -0.1) is 0 Å². The number of amides is 1. The molecule has 0 heterocycles. The first-order valence-electron chi connectivity index (χ1n) is 2.65. The molecule has 0 saturated heterocycles. The molecule has 0 aliphatic carbocycles. The van der Waals surface area contributed by atoms with Gasteiger partial charge in [-0.25, -0.2) is 13.6 Å². The summed E-state index contributed by atoms with van der Waals surface area (Å²) in [7, 11) is 0. The second kappa shape index (κ2) is 2.81. The monoisotopic (exact) mass is 153 g/mol. The molecule has 0 radical (unpaired) electrons. The molecule has 2 N–H and O–H groups in total. The molecule has 0 aliphatic rings. The molecule has 60 valence electrons. The van der Waals surface area contributed by atoms with Crippen molar-refractivity contribution in [3.05, 3.63) is 0 Å². The van der Waals surface area contributed by atoms with Crippen molar-refractivity contribution in [3.63, 3.8) is 0 Å². The molecule has 0 fully saturated rings. The lowest BCUT2D eigenvalue weighted by atomic mass is 10.1. The third-order valence-electron chi connectivity index (χ3n) is 0.975. The van der Waals surface area contributed by atoms with Crippen molar-refractivity contribution in [2.24, 2.45) is 0 Å². The van der Waals surface area contributed by atoms with Crippen LogP contribution in [0.4, 0.5) is 13.6 Å².